The topological polar surface area (TPSA) is 231 Å². The number of aryl methyl sites for hydroxylation is 5. The molecule has 24 nitrogen and oxygen atoms in total. The zero-order chi connectivity index (χ0) is 94.7. The van der Waals surface area contributed by atoms with Crippen LogP contribution in [-0.2, 0) is 81.7 Å². The first-order valence-electron chi connectivity index (χ1n) is 50.4. The zero-order valence-electron chi connectivity index (χ0n) is 80.6. The molecule has 0 unspecified atom stereocenters. The summed E-state index contributed by atoms with van der Waals surface area (Å²) >= 11 is 6.03. The van der Waals surface area contributed by atoms with Crippen LogP contribution in [-0.4, -0.2) is 189 Å². The van der Waals surface area contributed by atoms with Gasteiger partial charge >= 0.3 is 0 Å². The number of fused-ring (bicyclic) bond motifs is 4. The molecule has 17 aromatic rings. The standard InChI is InChI=1S/C34H36N4O2.C28H36N6.C27H29ClN4.C25H29N7O/c1-39-30-18-16-28(17-19-30)25-40-31-9-4-8-29(24-31)32-10-5-11-34-35-33(36-38(32)34)23-27-14-12-26(13-15-27)7-6-22-37-20-2-3-21-37;1-2-3-4-19-33-22-25(21-29-33)26-10-7-11-28-30-27(31-34(26)28)20-24-14-12-23(13-15-24)9-8-18-32-16-5-6-17-32;28-20-23-6-3-8-24(18-23)25-9-4-10-27-29-26(30-32(25)27)19-22-13-11-21(12-14-22)7-5-17-31-15-1-2-16-31;26-23(33)18-31-17-21(16-27-31)22-6-3-7-25-28-24(29-32(22)25)15-20-10-8-19(9-11-20)5-4-14-30-12-1-2-13-30/h4-5,8-19,24H,2-3,6-7,20-23,25H2,1H3;7,10-15,21-22H,2-6,8-9,16-20H2,1H3;3-4,6,8-14,18H,1-2,5,7,15-17,19-20H2;3,6-11,16-17H,1-2,4-5,12-15,18H2,(H2,26,33). The third kappa shape index (κ3) is 26.8. The van der Waals surface area contributed by atoms with Crippen molar-refractivity contribution in [1.29, 1.82) is 0 Å². The van der Waals surface area contributed by atoms with Crippen LogP contribution in [0.15, 0.2) is 267 Å². The van der Waals surface area contributed by atoms with E-state index < -0.39 is 5.91 Å². The molecule has 25 heteroatoms. The van der Waals surface area contributed by atoms with E-state index in [9.17, 15) is 4.79 Å². The number of benzene rings is 7. The SMILES string of the molecule is CCCCCn1cc(-c2cccc3nc(Cc4ccc(CCCN5CCCC5)cc4)nn23)cn1.COc1ccc(COc2cccc(-c3cccc4nc(Cc5ccc(CCCN6CCCC6)cc5)nn34)c2)cc1.ClCc1cccc(-c2cccc3nc(Cc4ccc(CCCN5CCCC5)cc4)nn23)c1.NC(=O)Cn1cc(-c2cccc3nc(Cc4ccc(CCCN5CCCC5)cc4)nn23)cn1. The van der Waals surface area contributed by atoms with Crippen molar-refractivity contribution >= 4 is 40.1 Å². The first-order valence-corrected chi connectivity index (χ1v) is 50.9. The largest absolute Gasteiger partial charge is 0.497 e. The van der Waals surface area contributed by atoms with Gasteiger partial charge in [0.15, 0.2) is 45.9 Å². The lowest BCUT2D eigenvalue weighted by Crippen LogP contribution is -2.20. The molecule has 0 bridgehead atoms. The summed E-state index contributed by atoms with van der Waals surface area (Å²) in [7, 11) is 1.67. The lowest BCUT2D eigenvalue weighted by atomic mass is 10.1. The van der Waals surface area contributed by atoms with Crippen LogP contribution in [0.25, 0.3) is 67.6 Å². The van der Waals surface area contributed by atoms with E-state index in [4.69, 9.17) is 67.1 Å². The zero-order valence-corrected chi connectivity index (χ0v) is 81.4. The number of halogens is 1. The molecule has 21 rings (SSSR count). The van der Waals surface area contributed by atoms with Gasteiger partial charge < -0.3 is 34.8 Å². The maximum atomic E-state index is 11.2. The first-order chi connectivity index (χ1) is 68.4. The van der Waals surface area contributed by atoms with Crippen molar-refractivity contribution in [1.82, 2.24) is 97.6 Å². The maximum absolute atomic E-state index is 11.2. The Balaban J connectivity index is 0.000000123. The van der Waals surface area contributed by atoms with Crippen molar-refractivity contribution in [2.24, 2.45) is 5.73 Å². The van der Waals surface area contributed by atoms with Gasteiger partial charge in [-0.05, 0) is 322 Å². The molecular formula is C114H130ClN21O3. The quantitative estimate of drug-likeness (QED) is 0.0279. The smallest absolute Gasteiger partial charge is 0.239 e. The van der Waals surface area contributed by atoms with E-state index in [1.54, 1.807) is 19.5 Å². The molecule has 4 aliphatic heterocycles. The van der Waals surface area contributed by atoms with Crippen molar-refractivity contribution in [3.63, 3.8) is 0 Å². The molecule has 1 amide bonds. The molecule has 0 atom stereocenters. The van der Waals surface area contributed by atoms with Crippen molar-refractivity contribution in [3.05, 3.63) is 346 Å². The highest BCUT2D eigenvalue weighted by Crippen LogP contribution is 2.31. The summed E-state index contributed by atoms with van der Waals surface area (Å²) in [5, 5.41) is 28.1. The number of primary amides is 1. The molecular weight excluding hydrogens is 1750 g/mol. The van der Waals surface area contributed by atoms with Crippen LogP contribution in [0.2, 0.25) is 0 Å². The number of likely N-dealkylation sites (tertiary alicyclic amines) is 4. The molecule has 7 aromatic carbocycles. The minimum Gasteiger partial charge on any atom is -0.497 e. The van der Waals surface area contributed by atoms with Gasteiger partial charge in [0, 0.05) is 72.8 Å². The fraction of sp³-hybridized carbons (Fsp3) is 0.360. The molecule has 139 heavy (non-hydrogen) atoms. The summed E-state index contributed by atoms with van der Waals surface area (Å²) < 4.78 is 22.6. The molecule has 4 fully saturated rings. The minimum absolute atomic E-state index is 0.0484. The van der Waals surface area contributed by atoms with E-state index in [2.05, 4.69) is 189 Å². The van der Waals surface area contributed by atoms with Gasteiger partial charge in [-0.2, -0.15) is 30.6 Å². The van der Waals surface area contributed by atoms with E-state index in [0.29, 0.717) is 25.3 Å². The van der Waals surface area contributed by atoms with Crippen LogP contribution in [0, 0.1) is 0 Å². The molecule has 0 spiro atoms. The number of aromatic nitrogens is 16. The minimum atomic E-state index is -0.427. The van der Waals surface area contributed by atoms with Crippen LogP contribution in [0.1, 0.15) is 182 Å². The Morgan fingerprint density at radius 2 is 0.669 bits per heavy atom. The lowest BCUT2D eigenvalue weighted by Gasteiger charge is -2.13. The molecule has 0 aliphatic carbocycles. The Kier molecular flexibility index (Phi) is 33.3. The number of carbonyl (C=O) groups is 1. The second kappa shape index (κ2) is 48.3. The Morgan fingerprint density at radius 3 is 1.03 bits per heavy atom. The third-order valence-corrected chi connectivity index (χ3v) is 27.3. The Morgan fingerprint density at radius 1 is 0.338 bits per heavy atom. The highest BCUT2D eigenvalue weighted by Gasteiger charge is 2.21. The Hall–Kier alpha value is -13.4. The number of nitrogens with zero attached hydrogens (tertiary/aromatic N) is 20. The molecule has 0 saturated carbocycles. The number of methoxy groups -OCH3 is 1. The van der Waals surface area contributed by atoms with E-state index in [-0.39, 0.29) is 6.54 Å². The third-order valence-electron chi connectivity index (χ3n) is 26.9. The van der Waals surface area contributed by atoms with Gasteiger partial charge in [-0.1, -0.05) is 184 Å². The first kappa shape index (κ1) is 95.9. The monoisotopic (exact) mass is 1880 g/mol. The van der Waals surface area contributed by atoms with E-state index in [1.165, 1.54) is 218 Å². The number of ether oxygens (including phenoxy) is 2. The van der Waals surface area contributed by atoms with Crippen molar-refractivity contribution in [2.75, 3.05) is 85.6 Å². The number of unbranched alkanes of at least 4 members (excludes halogenated alkanes) is 2. The van der Waals surface area contributed by atoms with Crippen LogP contribution in [0.5, 0.6) is 11.5 Å². The van der Waals surface area contributed by atoms with Gasteiger partial charge in [0.1, 0.15) is 24.7 Å². The lowest BCUT2D eigenvalue weighted by molar-refractivity contribution is -0.118. The van der Waals surface area contributed by atoms with Gasteiger partial charge in [0.05, 0.1) is 42.3 Å². The van der Waals surface area contributed by atoms with E-state index >= 15 is 0 Å². The normalized spacial score (nSPS) is 14.2. The molecule has 10 aromatic heterocycles. The van der Waals surface area contributed by atoms with Crippen LogP contribution < -0.4 is 15.2 Å². The average molecular weight is 1880 g/mol. The number of nitrogens with two attached hydrogens (primary N) is 1. The van der Waals surface area contributed by atoms with E-state index in [1.807, 2.05) is 126 Å². The molecule has 14 heterocycles. The average Bonchev–Trinajstić information content (AvgIpc) is 1.65. The van der Waals surface area contributed by atoms with E-state index in [0.717, 1.165) is 165 Å². The van der Waals surface area contributed by atoms with Gasteiger partial charge in [-0.3, -0.25) is 14.2 Å². The molecule has 4 aliphatic rings. The number of alkyl halides is 1. The van der Waals surface area contributed by atoms with Crippen LogP contribution in [0.3, 0.4) is 0 Å². The number of hydrogen-bond acceptors (Lipinski definition) is 17. The van der Waals surface area contributed by atoms with Crippen molar-refractivity contribution in [2.45, 2.75) is 180 Å². The summed E-state index contributed by atoms with van der Waals surface area (Å²) in [6, 6.07) is 84.4. The summed E-state index contributed by atoms with van der Waals surface area (Å²) in [5.74, 6) is 5.01. The second-order valence-electron chi connectivity index (χ2n) is 37.5. The number of carbonyl (C=O) groups excluding carboxylic acids is 1. The van der Waals surface area contributed by atoms with Gasteiger partial charge in [-0.15, -0.1) is 11.6 Å². The van der Waals surface area contributed by atoms with Gasteiger partial charge in [0.2, 0.25) is 5.91 Å². The van der Waals surface area contributed by atoms with Crippen LogP contribution in [0.4, 0.5) is 0 Å². The Labute approximate surface area is 821 Å². The highest BCUT2D eigenvalue weighted by molar-refractivity contribution is 6.17. The summed E-state index contributed by atoms with van der Waals surface area (Å²) in [5.41, 5.74) is 29.4. The number of hydrogen-bond donors (Lipinski definition) is 1. The summed E-state index contributed by atoms with van der Waals surface area (Å²) in [6.07, 6.45) is 34.4. The predicted octanol–water partition coefficient (Wildman–Crippen LogP) is 20.5. The maximum Gasteiger partial charge on any atom is 0.239 e. The summed E-state index contributed by atoms with van der Waals surface area (Å²) in [6.45, 7) is 18.8. The number of rotatable bonds is 39. The molecule has 4 saturated heterocycles. The van der Waals surface area contributed by atoms with Crippen LogP contribution >= 0.6 is 11.6 Å². The number of pyridine rings is 4. The fourth-order valence-electron chi connectivity index (χ4n) is 19.4. The molecule has 716 valence electrons. The van der Waals surface area contributed by atoms with Crippen molar-refractivity contribution < 1.29 is 14.3 Å². The predicted molar refractivity (Wildman–Crippen MR) is 554 cm³/mol. The van der Waals surface area contributed by atoms with Gasteiger partial charge in [0.25, 0.3) is 0 Å². The van der Waals surface area contributed by atoms with Crippen molar-refractivity contribution in [3.8, 4) is 56.5 Å². The van der Waals surface area contributed by atoms with Gasteiger partial charge in [-0.25, -0.2) is 38.0 Å². The number of amides is 1. The fourth-order valence-corrected chi connectivity index (χ4v) is 19.5. The highest BCUT2D eigenvalue weighted by atomic mass is 35.5. The molecule has 0 radical (unpaired) electrons. The Bertz CT molecular complexity index is 6750. The second-order valence-corrected chi connectivity index (χ2v) is 37.8. The summed E-state index contributed by atoms with van der Waals surface area (Å²) in [4.78, 5) is 40.6. The molecule has 2 N–H and O–H groups in total.